The molecule has 1 amide bonds. The summed E-state index contributed by atoms with van der Waals surface area (Å²) in [5, 5.41) is 8.38. The number of halogens is 3. The average Bonchev–Trinajstić information content (AvgIpc) is 2.95. The lowest BCUT2D eigenvalue weighted by Gasteiger charge is -2.04. The van der Waals surface area contributed by atoms with Crippen molar-refractivity contribution in [3.63, 3.8) is 0 Å². The van der Waals surface area contributed by atoms with E-state index in [1.165, 1.54) is 6.08 Å². The Morgan fingerprint density at radius 2 is 1.81 bits per heavy atom. The number of carbonyl (C=O) groups excluding carboxylic acids is 1. The number of nitrogens with zero attached hydrogens (tertiary/aromatic N) is 2. The second kappa shape index (κ2) is 8.54. The standard InChI is InChI=1S/C19H14BrCl2N3O/c20-15-12-25(11-14-6-2-4-8-17(14)22)24-19(15)23-18(26)10-9-13-5-1-3-7-16(13)21/h1-10,12H,11H2,(H,23,24,26)/b10-9+. The predicted octanol–water partition coefficient (Wildman–Crippen LogP) is 5.65. The van der Waals surface area contributed by atoms with Gasteiger partial charge in [-0.15, -0.1) is 0 Å². The highest BCUT2D eigenvalue weighted by atomic mass is 79.9. The predicted molar refractivity (Wildman–Crippen MR) is 110 cm³/mol. The number of benzene rings is 2. The van der Waals surface area contributed by atoms with Gasteiger partial charge in [-0.1, -0.05) is 59.6 Å². The van der Waals surface area contributed by atoms with Crippen molar-refractivity contribution in [1.82, 2.24) is 9.78 Å². The van der Waals surface area contributed by atoms with Crippen LogP contribution in [0.2, 0.25) is 10.0 Å². The topological polar surface area (TPSA) is 46.9 Å². The van der Waals surface area contributed by atoms with E-state index >= 15 is 0 Å². The van der Waals surface area contributed by atoms with Crippen LogP contribution in [-0.2, 0) is 11.3 Å². The molecular weight excluding hydrogens is 437 g/mol. The largest absolute Gasteiger partial charge is 0.305 e. The minimum atomic E-state index is -0.298. The maximum Gasteiger partial charge on any atom is 0.249 e. The van der Waals surface area contributed by atoms with Gasteiger partial charge in [-0.2, -0.15) is 5.10 Å². The van der Waals surface area contributed by atoms with Crippen molar-refractivity contribution in [1.29, 1.82) is 0 Å². The number of hydrogen-bond donors (Lipinski definition) is 1. The fourth-order valence-corrected chi connectivity index (χ4v) is 3.11. The highest BCUT2D eigenvalue weighted by Gasteiger charge is 2.10. The van der Waals surface area contributed by atoms with Crippen molar-refractivity contribution < 1.29 is 4.79 Å². The van der Waals surface area contributed by atoms with Crippen molar-refractivity contribution in [2.24, 2.45) is 0 Å². The van der Waals surface area contributed by atoms with E-state index in [2.05, 4.69) is 26.3 Å². The molecule has 2 aromatic carbocycles. The maximum atomic E-state index is 12.1. The fraction of sp³-hybridized carbons (Fsp3) is 0.0526. The van der Waals surface area contributed by atoms with E-state index in [4.69, 9.17) is 23.2 Å². The van der Waals surface area contributed by atoms with E-state index < -0.39 is 0 Å². The van der Waals surface area contributed by atoms with Gasteiger partial charge < -0.3 is 5.32 Å². The van der Waals surface area contributed by atoms with Crippen LogP contribution in [0.25, 0.3) is 6.08 Å². The number of carbonyl (C=O) groups is 1. The molecule has 1 N–H and O–H groups in total. The summed E-state index contributed by atoms with van der Waals surface area (Å²) in [5.41, 5.74) is 1.72. The Morgan fingerprint density at radius 3 is 2.54 bits per heavy atom. The molecule has 0 fully saturated rings. The van der Waals surface area contributed by atoms with Gasteiger partial charge in [0.05, 0.1) is 11.0 Å². The van der Waals surface area contributed by atoms with Crippen LogP contribution in [0, 0.1) is 0 Å². The molecule has 3 aromatic rings. The Labute approximate surface area is 169 Å². The zero-order valence-electron chi connectivity index (χ0n) is 13.5. The Kier molecular flexibility index (Phi) is 6.14. The number of rotatable bonds is 5. The molecule has 0 spiro atoms. The fourth-order valence-electron chi connectivity index (χ4n) is 2.30. The summed E-state index contributed by atoms with van der Waals surface area (Å²) in [4.78, 5) is 12.1. The summed E-state index contributed by atoms with van der Waals surface area (Å²) in [7, 11) is 0. The lowest BCUT2D eigenvalue weighted by atomic mass is 10.2. The zero-order chi connectivity index (χ0) is 18.5. The van der Waals surface area contributed by atoms with Gasteiger partial charge in [0.2, 0.25) is 5.91 Å². The van der Waals surface area contributed by atoms with Gasteiger partial charge in [-0.25, -0.2) is 0 Å². The molecule has 0 saturated carbocycles. The van der Waals surface area contributed by atoms with Crippen LogP contribution in [-0.4, -0.2) is 15.7 Å². The van der Waals surface area contributed by atoms with Crippen molar-refractivity contribution in [2.75, 3.05) is 5.32 Å². The number of hydrogen-bond acceptors (Lipinski definition) is 2. The molecule has 0 aliphatic heterocycles. The Hall–Kier alpha value is -2.08. The summed E-state index contributed by atoms with van der Waals surface area (Å²) >= 11 is 15.7. The molecule has 132 valence electrons. The molecule has 4 nitrogen and oxygen atoms in total. The van der Waals surface area contributed by atoms with Crippen LogP contribution < -0.4 is 5.32 Å². The van der Waals surface area contributed by atoms with E-state index in [-0.39, 0.29) is 5.91 Å². The maximum absolute atomic E-state index is 12.1. The van der Waals surface area contributed by atoms with Gasteiger partial charge in [-0.3, -0.25) is 9.48 Å². The average molecular weight is 451 g/mol. The number of aromatic nitrogens is 2. The van der Waals surface area contributed by atoms with Crippen molar-refractivity contribution in [2.45, 2.75) is 6.54 Å². The zero-order valence-corrected chi connectivity index (χ0v) is 16.6. The van der Waals surface area contributed by atoms with E-state index in [1.807, 2.05) is 42.5 Å². The number of anilines is 1. The quantitative estimate of drug-likeness (QED) is 0.510. The van der Waals surface area contributed by atoms with Crippen LogP contribution in [0.15, 0.2) is 65.3 Å². The van der Waals surface area contributed by atoms with E-state index in [1.54, 1.807) is 23.0 Å². The van der Waals surface area contributed by atoms with Gasteiger partial charge in [-0.05, 0) is 45.3 Å². The molecule has 0 aliphatic carbocycles. The molecule has 1 heterocycles. The Balaban J connectivity index is 1.69. The normalized spacial score (nSPS) is 11.0. The molecule has 0 radical (unpaired) electrons. The van der Waals surface area contributed by atoms with Crippen LogP contribution in [0.4, 0.5) is 5.82 Å². The lowest BCUT2D eigenvalue weighted by molar-refractivity contribution is -0.111. The van der Waals surface area contributed by atoms with E-state index in [0.29, 0.717) is 26.9 Å². The Bertz CT molecular complexity index is 969. The molecule has 7 heteroatoms. The number of nitrogens with one attached hydrogen (secondary N) is 1. The molecule has 26 heavy (non-hydrogen) atoms. The second-order valence-electron chi connectivity index (χ2n) is 5.46. The van der Waals surface area contributed by atoms with Gasteiger partial charge >= 0.3 is 0 Å². The van der Waals surface area contributed by atoms with Gasteiger partial charge in [0.15, 0.2) is 5.82 Å². The molecule has 0 bridgehead atoms. The molecule has 0 saturated heterocycles. The van der Waals surface area contributed by atoms with Gasteiger partial charge in [0.25, 0.3) is 0 Å². The minimum absolute atomic E-state index is 0.298. The van der Waals surface area contributed by atoms with Crippen LogP contribution in [0.3, 0.4) is 0 Å². The molecule has 0 unspecified atom stereocenters. The summed E-state index contributed by atoms with van der Waals surface area (Å²) in [6.07, 6.45) is 4.86. The van der Waals surface area contributed by atoms with E-state index in [9.17, 15) is 4.79 Å². The molecule has 3 rings (SSSR count). The number of amides is 1. The minimum Gasteiger partial charge on any atom is -0.305 e. The first-order valence-corrected chi connectivity index (χ1v) is 9.28. The van der Waals surface area contributed by atoms with E-state index in [0.717, 1.165) is 11.1 Å². The SMILES string of the molecule is O=C(/C=C/c1ccccc1Cl)Nc1nn(Cc2ccccc2Cl)cc1Br. The lowest BCUT2D eigenvalue weighted by Crippen LogP contribution is -2.09. The first kappa shape index (κ1) is 18.7. The molecular formula is C19H14BrCl2N3O. The third kappa shape index (κ3) is 4.75. The summed E-state index contributed by atoms with van der Waals surface area (Å²) in [6.45, 7) is 0.504. The van der Waals surface area contributed by atoms with Gasteiger partial charge in [0, 0.05) is 22.3 Å². The highest BCUT2D eigenvalue weighted by molar-refractivity contribution is 9.10. The van der Waals surface area contributed by atoms with Crippen LogP contribution >= 0.6 is 39.1 Å². The van der Waals surface area contributed by atoms with Crippen molar-refractivity contribution in [3.05, 3.63) is 86.4 Å². The Morgan fingerprint density at radius 1 is 1.12 bits per heavy atom. The molecule has 1 aromatic heterocycles. The molecule has 0 aliphatic rings. The molecule has 0 atom stereocenters. The van der Waals surface area contributed by atoms with Crippen molar-refractivity contribution >= 4 is 56.9 Å². The summed E-state index contributed by atoms with van der Waals surface area (Å²) < 4.78 is 2.39. The van der Waals surface area contributed by atoms with Crippen LogP contribution in [0.5, 0.6) is 0 Å². The second-order valence-corrected chi connectivity index (χ2v) is 7.13. The summed E-state index contributed by atoms with van der Waals surface area (Å²) in [5.74, 6) is 0.138. The summed E-state index contributed by atoms with van der Waals surface area (Å²) in [6, 6.07) is 14.9. The monoisotopic (exact) mass is 449 g/mol. The van der Waals surface area contributed by atoms with Crippen molar-refractivity contribution in [3.8, 4) is 0 Å². The van der Waals surface area contributed by atoms with Crippen LogP contribution in [0.1, 0.15) is 11.1 Å². The first-order chi connectivity index (χ1) is 12.5. The third-order valence-electron chi connectivity index (χ3n) is 3.57. The van der Waals surface area contributed by atoms with Gasteiger partial charge in [0.1, 0.15) is 0 Å². The highest BCUT2D eigenvalue weighted by Crippen LogP contribution is 2.23. The smallest absolute Gasteiger partial charge is 0.249 e. The first-order valence-electron chi connectivity index (χ1n) is 7.73. The third-order valence-corrected chi connectivity index (χ3v) is 4.86.